The zero-order valence-electron chi connectivity index (χ0n) is 7.33. The van der Waals surface area contributed by atoms with Gasteiger partial charge >= 0.3 is 0 Å². The van der Waals surface area contributed by atoms with Gasteiger partial charge in [0.05, 0.1) is 0 Å². The lowest BCUT2D eigenvalue weighted by atomic mass is 10.1. The van der Waals surface area contributed by atoms with Gasteiger partial charge in [-0.15, -0.1) is 0 Å². The smallest absolute Gasteiger partial charge is 0.129 e. The molecule has 12 heavy (non-hydrogen) atoms. The number of para-hydroxylation sites is 1. The second-order valence-corrected chi connectivity index (χ2v) is 2.83. The van der Waals surface area contributed by atoms with Crippen molar-refractivity contribution in [1.82, 2.24) is 4.90 Å². The van der Waals surface area contributed by atoms with Gasteiger partial charge in [0.15, 0.2) is 0 Å². The molecule has 0 aliphatic heterocycles. The molecule has 0 radical (unpaired) electrons. The Morgan fingerprint density at radius 1 is 1.33 bits per heavy atom. The summed E-state index contributed by atoms with van der Waals surface area (Å²) in [5.41, 5.74) is 7.12. The predicted octanol–water partition coefficient (Wildman–Crippen LogP) is 1.16. The first-order valence-electron chi connectivity index (χ1n) is 3.73. The van der Waals surface area contributed by atoms with Crippen LogP contribution in [-0.4, -0.2) is 24.8 Å². The minimum Gasteiger partial charge on any atom is -0.398 e. The minimum atomic E-state index is 0.438. The molecule has 0 saturated heterocycles. The Morgan fingerprint density at radius 2 is 1.92 bits per heavy atom. The summed E-state index contributed by atoms with van der Waals surface area (Å²) in [5.74, 6) is 0.438. The molecule has 1 rings (SSSR count). The lowest BCUT2D eigenvalue weighted by Crippen LogP contribution is -2.22. The van der Waals surface area contributed by atoms with Crippen molar-refractivity contribution in [2.24, 2.45) is 0 Å². The van der Waals surface area contributed by atoms with Gasteiger partial charge in [-0.3, -0.25) is 5.41 Å². The van der Waals surface area contributed by atoms with Crippen molar-refractivity contribution in [3.05, 3.63) is 29.8 Å². The monoisotopic (exact) mass is 163 g/mol. The summed E-state index contributed by atoms with van der Waals surface area (Å²) in [6.45, 7) is 0. The zero-order chi connectivity index (χ0) is 9.14. The maximum Gasteiger partial charge on any atom is 0.129 e. The van der Waals surface area contributed by atoms with Crippen LogP contribution in [0.5, 0.6) is 0 Å². The molecule has 0 unspecified atom stereocenters. The fourth-order valence-electron chi connectivity index (χ4n) is 0.954. The largest absolute Gasteiger partial charge is 0.398 e. The second kappa shape index (κ2) is 3.26. The van der Waals surface area contributed by atoms with Crippen LogP contribution in [0.25, 0.3) is 0 Å². The summed E-state index contributed by atoms with van der Waals surface area (Å²) >= 11 is 0. The Kier molecular flexibility index (Phi) is 2.33. The normalized spacial score (nSPS) is 9.50. The molecule has 0 aromatic heterocycles. The van der Waals surface area contributed by atoms with E-state index in [2.05, 4.69) is 0 Å². The average Bonchev–Trinajstić information content (AvgIpc) is 2.04. The summed E-state index contributed by atoms with van der Waals surface area (Å²) in [5, 5.41) is 7.67. The molecule has 0 atom stereocenters. The summed E-state index contributed by atoms with van der Waals surface area (Å²) in [4.78, 5) is 1.73. The quantitative estimate of drug-likeness (QED) is 0.371. The summed E-state index contributed by atoms with van der Waals surface area (Å²) in [6.07, 6.45) is 0. The van der Waals surface area contributed by atoms with E-state index in [0.29, 0.717) is 11.5 Å². The van der Waals surface area contributed by atoms with Crippen LogP contribution >= 0.6 is 0 Å². The molecule has 0 aliphatic carbocycles. The van der Waals surface area contributed by atoms with E-state index >= 15 is 0 Å². The summed E-state index contributed by atoms with van der Waals surface area (Å²) in [6, 6.07) is 7.39. The van der Waals surface area contributed by atoms with Gasteiger partial charge in [0.25, 0.3) is 0 Å². The topological polar surface area (TPSA) is 53.1 Å². The molecule has 0 aliphatic rings. The van der Waals surface area contributed by atoms with Crippen LogP contribution in [0.3, 0.4) is 0 Å². The van der Waals surface area contributed by atoms with E-state index in [0.717, 1.165) is 5.56 Å². The molecule has 0 fully saturated rings. The first-order chi connectivity index (χ1) is 5.63. The van der Waals surface area contributed by atoms with Crippen LogP contribution in [0.2, 0.25) is 0 Å². The molecule has 0 amide bonds. The Balaban J connectivity index is 3.03. The fraction of sp³-hybridized carbons (Fsp3) is 0.222. The predicted molar refractivity (Wildman–Crippen MR) is 51.4 cm³/mol. The van der Waals surface area contributed by atoms with Crippen molar-refractivity contribution in [3.8, 4) is 0 Å². The third-order valence-corrected chi connectivity index (χ3v) is 1.66. The second-order valence-electron chi connectivity index (χ2n) is 2.83. The minimum absolute atomic E-state index is 0.438. The van der Waals surface area contributed by atoms with Gasteiger partial charge < -0.3 is 10.6 Å². The lowest BCUT2D eigenvalue weighted by molar-refractivity contribution is 0.619. The number of benzene rings is 1. The molecular formula is C9H13N3. The van der Waals surface area contributed by atoms with Crippen molar-refractivity contribution in [3.63, 3.8) is 0 Å². The summed E-state index contributed by atoms with van der Waals surface area (Å²) < 4.78 is 0. The number of hydrogen-bond acceptors (Lipinski definition) is 2. The molecule has 3 N–H and O–H groups in total. The van der Waals surface area contributed by atoms with Crippen molar-refractivity contribution >= 4 is 11.5 Å². The van der Waals surface area contributed by atoms with Gasteiger partial charge in [0, 0.05) is 25.3 Å². The van der Waals surface area contributed by atoms with Crippen LogP contribution in [-0.2, 0) is 0 Å². The Labute approximate surface area is 72.3 Å². The van der Waals surface area contributed by atoms with Crippen LogP contribution in [0, 0.1) is 5.41 Å². The Hall–Kier alpha value is -1.51. The lowest BCUT2D eigenvalue weighted by Gasteiger charge is -2.14. The van der Waals surface area contributed by atoms with Gasteiger partial charge in [-0.2, -0.15) is 0 Å². The molecule has 0 saturated carbocycles. The number of nitrogens with zero attached hydrogens (tertiary/aromatic N) is 1. The fourth-order valence-corrected chi connectivity index (χ4v) is 0.954. The van der Waals surface area contributed by atoms with E-state index in [1.165, 1.54) is 0 Å². The standard InChI is InChI=1S/C9H13N3/c1-12(2)9(11)7-5-3-4-6-8(7)10/h3-6,11H,10H2,1-2H3. The van der Waals surface area contributed by atoms with E-state index in [1.54, 1.807) is 11.0 Å². The average molecular weight is 163 g/mol. The van der Waals surface area contributed by atoms with Gasteiger partial charge in [0.2, 0.25) is 0 Å². The van der Waals surface area contributed by atoms with Gasteiger partial charge in [-0.1, -0.05) is 12.1 Å². The van der Waals surface area contributed by atoms with Gasteiger partial charge in [-0.05, 0) is 12.1 Å². The van der Waals surface area contributed by atoms with E-state index in [-0.39, 0.29) is 0 Å². The number of nitrogens with one attached hydrogen (secondary N) is 1. The van der Waals surface area contributed by atoms with Crippen LogP contribution < -0.4 is 5.73 Å². The maximum absolute atomic E-state index is 7.67. The molecule has 0 heterocycles. The molecule has 64 valence electrons. The molecule has 0 spiro atoms. The number of hydrogen-bond donors (Lipinski definition) is 2. The van der Waals surface area contributed by atoms with Crippen LogP contribution in [0.15, 0.2) is 24.3 Å². The van der Waals surface area contributed by atoms with Crippen molar-refractivity contribution < 1.29 is 0 Å². The first kappa shape index (κ1) is 8.59. The van der Waals surface area contributed by atoms with E-state index in [4.69, 9.17) is 11.1 Å². The molecule has 1 aromatic carbocycles. The molecule has 3 nitrogen and oxygen atoms in total. The SMILES string of the molecule is CN(C)C(=N)c1ccccc1N. The van der Waals surface area contributed by atoms with E-state index in [9.17, 15) is 0 Å². The molecule has 0 bridgehead atoms. The molecule has 3 heteroatoms. The number of nitrogens with two attached hydrogens (primary N) is 1. The van der Waals surface area contributed by atoms with Crippen LogP contribution in [0.1, 0.15) is 5.56 Å². The van der Waals surface area contributed by atoms with E-state index in [1.807, 2.05) is 32.3 Å². The summed E-state index contributed by atoms with van der Waals surface area (Å²) in [7, 11) is 3.66. The van der Waals surface area contributed by atoms with Gasteiger partial charge in [0.1, 0.15) is 5.84 Å². The van der Waals surface area contributed by atoms with Crippen LogP contribution in [0.4, 0.5) is 5.69 Å². The third-order valence-electron chi connectivity index (χ3n) is 1.66. The Morgan fingerprint density at radius 3 is 2.42 bits per heavy atom. The van der Waals surface area contributed by atoms with Gasteiger partial charge in [-0.25, -0.2) is 0 Å². The highest BCUT2D eigenvalue weighted by Crippen LogP contribution is 2.11. The maximum atomic E-state index is 7.67. The van der Waals surface area contributed by atoms with Crippen molar-refractivity contribution in [2.75, 3.05) is 19.8 Å². The number of rotatable bonds is 1. The van der Waals surface area contributed by atoms with E-state index < -0.39 is 0 Å². The number of nitrogen functional groups attached to an aromatic ring is 1. The third kappa shape index (κ3) is 1.56. The highest BCUT2D eigenvalue weighted by Gasteiger charge is 2.05. The molecular weight excluding hydrogens is 150 g/mol. The highest BCUT2D eigenvalue weighted by atomic mass is 15.1. The van der Waals surface area contributed by atoms with Crippen molar-refractivity contribution in [2.45, 2.75) is 0 Å². The highest BCUT2D eigenvalue weighted by molar-refractivity contribution is 6.00. The van der Waals surface area contributed by atoms with Crippen molar-refractivity contribution in [1.29, 1.82) is 5.41 Å². The first-order valence-corrected chi connectivity index (χ1v) is 3.73. The number of amidine groups is 1. The molecule has 1 aromatic rings. The number of anilines is 1. The zero-order valence-corrected chi connectivity index (χ0v) is 7.33. The Bertz CT molecular complexity index is 292.